The number of rotatable bonds is 6. The van der Waals surface area contributed by atoms with Crippen LogP contribution in [0.4, 0.5) is 0 Å². The molecule has 0 aromatic heterocycles. The Morgan fingerprint density at radius 3 is 2.48 bits per heavy atom. The van der Waals surface area contributed by atoms with Gasteiger partial charge in [-0.15, -0.1) is 0 Å². The molecule has 1 fully saturated rings. The molecule has 0 N–H and O–H groups in total. The smallest absolute Gasteiger partial charge is 0.260 e. The molecule has 0 atom stereocenters. The van der Waals surface area contributed by atoms with Crippen LogP contribution < -0.4 is 18.9 Å². The molecule has 7 heteroatoms. The van der Waals surface area contributed by atoms with Gasteiger partial charge in [-0.1, -0.05) is 12.1 Å². The molecule has 31 heavy (non-hydrogen) atoms. The summed E-state index contributed by atoms with van der Waals surface area (Å²) in [6, 6.07) is 12.6. The van der Waals surface area contributed by atoms with Crippen molar-refractivity contribution < 1.29 is 28.5 Å². The van der Waals surface area contributed by atoms with E-state index < -0.39 is 5.60 Å². The molecule has 0 bridgehead atoms. The third kappa shape index (κ3) is 4.45. The number of Topliss-reactive ketones (excluding diaryl/α,β-unsaturated/α-hetero) is 1. The van der Waals surface area contributed by atoms with E-state index in [2.05, 4.69) is 0 Å². The number of benzene rings is 2. The van der Waals surface area contributed by atoms with Crippen LogP contribution in [0, 0.1) is 0 Å². The highest BCUT2D eigenvalue weighted by atomic mass is 16.5. The van der Waals surface area contributed by atoms with Crippen LogP contribution in [0.3, 0.4) is 0 Å². The second-order valence-corrected chi connectivity index (χ2v) is 7.80. The molecule has 2 heterocycles. The number of ketones is 1. The maximum Gasteiger partial charge on any atom is 0.260 e. The van der Waals surface area contributed by atoms with Crippen LogP contribution in [-0.4, -0.2) is 55.6 Å². The van der Waals surface area contributed by atoms with Crippen LogP contribution >= 0.6 is 0 Å². The lowest BCUT2D eigenvalue weighted by atomic mass is 9.82. The number of carbonyl (C=O) groups excluding carboxylic acids is 2. The highest BCUT2D eigenvalue weighted by molar-refractivity contribution is 6.00. The first-order valence-corrected chi connectivity index (χ1v) is 10.6. The lowest BCUT2D eigenvalue weighted by Gasteiger charge is -2.43. The molecule has 164 valence electrons. The third-order valence-electron chi connectivity index (χ3n) is 5.83. The highest BCUT2D eigenvalue weighted by Gasteiger charge is 2.43. The summed E-state index contributed by atoms with van der Waals surface area (Å²) in [6.45, 7) is 3.40. The zero-order valence-electron chi connectivity index (χ0n) is 17.9. The van der Waals surface area contributed by atoms with Crippen molar-refractivity contribution in [1.82, 2.24) is 4.90 Å². The molecule has 0 aliphatic carbocycles. The van der Waals surface area contributed by atoms with E-state index in [0.29, 0.717) is 67.5 Å². The van der Waals surface area contributed by atoms with Crippen molar-refractivity contribution in [3.63, 3.8) is 0 Å². The average molecular weight is 425 g/mol. The van der Waals surface area contributed by atoms with Crippen LogP contribution in [-0.2, 0) is 4.79 Å². The van der Waals surface area contributed by atoms with Crippen LogP contribution in [0.2, 0.25) is 0 Å². The predicted molar refractivity (Wildman–Crippen MR) is 114 cm³/mol. The van der Waals surface area contributed by atoms with Crippen LogP contribution in [0.5, 0.6) is 23.0 Å². The summed E-state index contributed by atoms with van der Waals surface area (Å²) in [7, 11) is 1.58. The Hall–Kier alpha value is -3.22. The number of nitrogens with zero attached hydrogens (tertiary/aromatic N) is 1. The monoisotopic (exact) mass is 425 g/mol. The number of carbonyl (C=O) groups is 2. The fourth-order valence-electron chi connectivity index (χ4n) is 4.12. The van der Waals surface area contributed by atoms with Crippen LogP contribution in [0.15, 0.2) is 42.5 Å². The van der Waals surface area contributed by atoms with Gasteiger partial charge < -0.3 is 23.8 Å². The molecule has 0 saturated carbocycles. The van der Waals surface area contributed by atoms with Gasteiger partial charge in [0.25, 0.3) is 5.91 Å². The fourth-order valence-corrected chi connectivity index (χ4v) is 4.12. The molecule has 7 nitrogen and oxygen atoms in total. The van der Waals surface area contributed by atoms with Crippen molar-refractivity contribution in [2.75, 3.05) is 33.4 Å². The standard InChI is InChI=1S/C24H27NO6/c1-3-29-20-6-4-5-7-21(20)30-16-23(27)25-12-10-24(11-13-25)15-19(26)18-9-8-17(28-2)14-22(18)31-24/h4-9,14H,3,10-13,15-16H2,1-2H3. The molecule has 0 unspecified atom stereocenters. The topological polar surface area (TPSA) is 74.3 Å². The summed E-state index contributed by atoms with van der Waals surface area (Å²) >= 11 is 0. The number of amides is 1. The molecule has 4 rings (SSSR count). The fraction of sp³-hybridized carbons (Fsp3) is 0.417. The summed E-state index contributed by atoms with van der Waals surface area (Å²) in [5.41, 5.74) is 0.0154. The van der Waals surface area contributed by atoms with Gasteiger partial charge in [-0.05, 0) is 31.2 Å². The SMILES string of the molecule is CCOc1ccccc1OCC(=O)N1CCC2(CC1)CC(=O)c1ccc(OC)cc1O2. The van der Waals surface area contributed by atoms with E-state index in [4.69, 9.17) is 18.9 Å². The van der Waals surface area contributed by atoms with Gasteiger partial charge in [0.1, 0.15) is 17.1 Å². The summed E-state index contributed by atoms with van der Waals surface area (Å²) < 4.78 is 22.8. The first kappa shape index (κ1) is 21.0. The number of likely N-dealkylation sites (tertiary alicyclic amines) is 1. The molecule has 1 spiro atoms. The van der Waals surface area contributed by atoms with Gasteiger partial charge in [0.15, 0.2) is 23.9 Å². The Bertz CT molecular complexity index is 964. The number of fused-ring (bicyclic) bond motifs is 1. The molecule has 2 aromatic carbocycles. The zero-order valence-corrected chi connectivity index (χ0v) is 17.9. The van der Waals surface area contributed by atoms with Crippen molar-refractivity contribution in [3.05, 3.63) is 48.0 Å². The van der Waals surface area contributed by atoms with E-state index in [1.165, 1.54) is 0 Å². The summed E-state index contributed by atoms with van der Waals surface area (Å²) in [5, 5.41) is 0. The van der Waals surface area contributed by atoms with Crippen molar-refractivity contribution >= 4 is 11.7 Å². The van der Waals surface area contributed by atoms with E-state index in [9.17, 15) is 9.59 Å². The first-order chi connectivity index (χ1) is 15.0. The van der Waals surface area contributed by atoms with Gasteiger partial charge >= 0.3 is 0 Å². The predicted octanol–water partition coefficient (Wildman–Crippen LogP) is 3.50. The molecule has 2 aliphatic rings. The highest BCUT2D eigenvalue weighted by Crippen LogP contribution is 2.40. The van der Waals surface area contributed by atoms with Gasteiger partial charge in [0, 0.05) is 32.0 Å². The summed E-state index contributed by atoms with van der Waals surface area (Å²) in [4.78, 5) is 27.1. The summed E-state index contributed by atoms with van der Waals surface area (Å²) in [6.07, 6.45) is 1.51. The van der Waals surface area contributed by atoms with Gasteiger partial charge in [-0.25, -0.2) is 0 Å². The number of piperidine rings is 1. The molecule has 2 aromatic rings. The molecular formula is C24H27NO6. The Kier molecular flexibility index (Phi) is 6.02. The zero-order chi connectivity index (χ0) is 21.8. The van der Waals surface area contributed by atoms with Crippen LogP contribution in [0.25, 0.3) is 0 Å². The van der Waals surface area contributed by atoms with Crippen molar-refractivity contribution in [2.45, 2.75) is 31.8 Å². The van der Waals surface area contributed by atoms with Crippen molar-refractivity contribution in [2.24, 2.45) is 0 Å². The van der Waals surface area contributed by atoms with Gasteiger partial charge in [0.2, 0.25) is 0 Å². The molecule has 1 amide bonds. The maximum atomic E-state index is 12.7. The first-order valence-electron chi connectivity index (χ1n) is 10.6. The van der Waals surface area contributed by atoms with E-state index in [-0.39, 0.29) is 18.3 Å². The third-order valence-corrected chi connectivity index (χ3v) is 5.83. The van der Waals surface area contributed by atoms with Crippen molar-refractivity contribution in [3.8, 4) is 23.0 Å². The van der Waals surface area contributed by atoms with Crippen molar-refractivity contribution in [1.29, 1.82) is 0 Å². The van der Waals surface area contributed by atoms with Gasteiger partial charge in [-0.3, -0.25) is 9.59 Å². The Morgan fingerprint density at radius 1 is 1.10 bits per heavy atom. The normalized spacial score (nSPS) is 17.0. The Labute approximate surface area is 181 Å². The van der Waals surface area contributed by atoms with E-state index in [1.54, 1.807) is 36.3 Å². The van der Waals surface area contributed by atoms with E-state index in [1.807, 2.05) is 25.1 Å². The largest absolute Gasteiger partial charge is 0.497 e. The minimum atomic E-state index is -0.574. The average Bonchev–Trinajstić information content (AvgIpc) is 2.78. The number of hydrogen-bond acceptors (Lipinski definition) is 6. The molecular weight excluding hydrogens is 398 g/mol. The number of para-hydroxylation sites is 2. The van der Waals surface area contributed by atoms with Crippen LogP contribution in [0.1, 0.15) is 36.5 Å². The minimum Gasteiger partial charge on any atom is -0.497 e. The van der Waals surface area contributed by atoms with E-state index in [0.717, 1.165) is 0 Å². The Morgan fingerprint density at radius 2 is 1.81 bits per heavy atom. The molecule has 2 aliphatic heterocycles. The quantitative estimate of drug-likeness (QED) is 0.705. The Balaban J connectivity index is 1.36. The number of methoxy groups -OCH3 is 1. The minimum absolute atomic E-state index is 0.0586. The maximum absolute atomic E-state index is 12.7. The van der Waals surface area contributed by atoms with E-state index >= 15 is 0 Å². The second-order valence-electron chi connectivity index (χ2n) is 7.80. The van der Waals surface area contributed by atoms with Gasteiger partial charge in [-0.2, -0.15) is 0 Å². The molecule has 0 radical (unpaired) electrons. The van der Waals surface area contributed by atoms with Gasteiger partial charge in [0.05, 0.1) is 25.7 Å². The summed E-state index contributed by atoms with van der Waals surface area (Å²) in [5.74, 6) is 2.37. The number of hydrogen-bond donors (Lipinski definition) is 0. The lowest BCUT2D eigenvalue weighted by molar-refractivity contribution is -0.136. The lowest BCUT2D eigenvalue weighted by Crippen LogP contribution is -2.53. The second kappa shape index (κ2) is 8.88. The molecule has 1 saturated heterocycles. The number of ether oxygens (including phenoxy) is 4.